The fourth-order valence-corrected chi connectivity index (χ4v) is 4.11. The first-order valence-corrected chi connectivity index (χ1v) is 11.1. The highest BCUT2D eigenvalue weighted by molar-refractivity contribution is 5.96. The summed E-state index contributed by atoms with van der Waals surface area (Å²) in [5.41, 5.74) is -1.91. The first kappa shape index (κ1) is 24.9. The Morgan fingerprint density at radius 3 is 1.94 bits per heavy atom. The largest absolute Gasteiger partial charge is 0.444 e. The van der Waals surface area contributed by atoms with E-state index in [2.05, 4.69) is 0 Å². The molecule has 0 atom stereocenters. The minimum atomic E-state index is -4.61. The molecule has 0 unspecified atom stereocenters. The van der Waals surface area contributed by atoms with E-state index in [1.807, 2.05) is 0 Å². The van der Waals surface area contributed by atoms with Gasteiger partial charge in [0.2, 0.25) is 5.91 Å². The summed E-state index contributed by atoms with van der Waals surface area (Å²) in [7, 11) is 0. The zero-order chi connectivity index (χ0) is 24.4. The number of hydrogen-bond acceptors (Lipinski definition) is 4. The van der Waals surface area contributed by atoms with Gasteiger partial charge in [-0.15, -0.1) is 0 Å². The monoisotopic (exact) mass is 469 g/mol. The number of carbonyl (C=O) groups excluding carboxylic acids is 3. The molecular weight excluding hydrogens is 439 g/mol. The normalized spacial score (nSPS) is 18.3. The Morgan fingerprint density at radius 1 is 0.848 bits per heavy atom. The number of nitrogens with zero attached hydrogens (tertiary/aromatic N) is 3. The van der Waals surface area contributed by atoms with Crippen molar-refractivity contribution >= 4 is 17.9 Å². The highest BCUT2D eigenvalue weighted by atomic mass is 19.4. The van der Waals surface area contributed by atoms with Crippen LogP contribution in [0, 0.1) is 5.92 Å². The van der Waals surface area contributed by atoms with E-state index in [1.54, 1.807) is 30.6 Å². The number of amides is 3. The lowest BCUT2D eigenvalue weighted by atomic mass is 9.95. The van der Waals surface area contributed by atoms with E-state index in [4.69, 9.17) is 4.74 Å². The minimum absolute atomic E-state index is 0.0402. The third-order valence-corrected chi connectivity index (χ3v) is 5.84. The molecule has 1 aromatic rings. The molecule has 7 nitrogen and oxygen atoms in total. The maximum atomic E-state index is 13.3. The molecule has 0 bridgehead atoms. The molecule has 33 heavy (non-hydrogen) atoms. The average Bonchev–Trinajstić information content (AvgIpc) is 2.76. The van der Waals surface area contributed by atoms with Crippen LogP contribution in [0.4, 0.5) is 18.0 Å². The van der Waals surface area contributed by atoms with Gasteiger partial charge in [0.1, 0.15) is 5.60 Å². The van der Waals surface area contributed by atoms with Crippen LogP contribution < -0.4 is 0 Å². The molecule has 3 rings (SSSR count). The van der Waals surface area contributed by atoms with Crippen molar-refractivity contribution in [2.75, 3.05) is 39.3 Å². The van der Waals surface area contributed by atoms with Gasteiger partial charge in [0.15, 0.2) is 0 Å². The zero-order valence-corrected chi connectivity index (χ0v) is 19.2. The molecule has 0 saturated carbocycles. The molecule has 0 aliphatic carbocycles. The van der Waals surface area contributed by atoms with Crippen LogP contribution in [0.1, 0.15) is 49.5 Å². The summed E-state index contributed by atoms with van der Waals surface area (Å²) in [4.78, 5) is 42.5. The van der Waals surface area contributed by atoms with Crippen LogP contribution in [0.3, 0.4) is 0 Å². The van der Waals surface area contributed by atoms with Crippen molar-refractivity contribution < 1.29 is 32.3 Å². The highest BCUT2D eigenvalue weighted by Crippen LogP contribution is 2.32. The van der Waals surface area contributed by atoms with Crippen molar-refractivity contribution in [1.29, 1.82) is 0 Å². The minimum Gasteiger partial charge on any atom is -0.444 e. The standard InChI is InChI=1S/C23H30F3N3O4/c1-22(2,3)33-21(32)29-10-8-16(9-11-29)19(30)27-12-14-28(15-13-27)20(31)17-6-4-5-7-18(17)23(24,25)26/h4-7,16H,8-15H2,1-3H3. The molecule has 182 valence electrons. The first-order chi connectivity index (χ1) is 15.4. The Bertz CT molecular complexity index is 882. The summed E-state index contributed by atoms with van der Waals surface area (Å²) >= 11 is 0. The Balaban J connectivity index is 1.52. The van der Waals surface area contributed by atoms with Crippen molar-refractivity contribution in [1.82, 2.24) is 14.7 Å². The van der Waals surface area contributed by atoms with Gasteiger partial charge in [-0.05, 0) is 45.7 Å². The Kier molecular flexibility index (Phi) is 7.23. The fraction of sp³-hybridized carbons (Fsp3) is 0.609. The van der Waals surface area contributed by atoms with Gasteiger partial charge in [-0.2, -0.15) is 13.2 Å². The smallest absolute Gasteiger partial charge is 0.417 e. The quantitative estimate of drug-likeness (QED) is 0.663. The summed E-state index contributed by atoms with van der Waals surface area (Å²) in [5.74, 6) is -0.945. The molecule has 0 radical (unpaired) electrons. The first-order valence-electron chi connectivity index (χ1n) is 11.1. The number of halogens is 3. The molecule has 2 heterocycles. The lowest BCUT2D eigenvalue weighted by Crippen LogP contribution is -2.53. The van der Waals surface area contributed by atoms with Crippen LogP contribution in [0.5, 0.6) is 0 Å². The number of ether oxygens (including phenoxy) is 1. The van der Waals surface area contributed by atoms with E-state index in [1.165, 1.54) is 23.1 Å². The van der Waals surface area contributed by atoms with Gasteiger partial charge in [0.05, 0.1) is 11.1 Å². The molecule has 10 heteroatoms. The van der Waals surface area contributed by atoms with E-state index in [9.17, 15) is 27.6 Å². The molecule has 0 aromatic heterocycles. The van der Waals surface area contributed by atoms with Crippen LogP contribution in [0.25, 0.3) is 0 Å². The number of alkyl halides is 3. The topological polar surface area (TPSA) is 70.2 Å². The van der Waals surface area contributed by atoms with Gasteiger partial charge < -0.3 is 19.4 Å². The van der Waals surface area contributed by atoms with Crippen LogP contribution in [-0.4, -0.2) is 77.5 Å². The van der Waals surface area contributed by atoms with Crippen molar-refractivity contribution in [3.8, 4) is 0 Å². The molecule has 2 aliphatic heterocycles. The number of carbonyl (C=O) groups is 3. The van der Waals surface area contributed by atoms with Crippen LogP contribution in [0.15, 0.2) is 24.3 Å². The predicted molar refractivity (Wildman–Crippen MR) is 114 cm³/mol. The lowest BCUT2D eigenvalue weighted by Gasteiger charge is -2.39. The second kappa shape index (κ2) is 9.61. The Morgan fingerprint density at radius 2 is 1.39 bits per heavy atom. The summed E-state index contributed by atoms with van der Waals surface area (Å²) in [6, 6.07) is 4.74. The summed E-state index contributed by atoms with van der Waals surface area (Å²) in [6.07, 6.45) is -3.95. The molecule has 2 aliphatic rings. The van der Waals surface area contributed by atoms with E-state index >= 15 is 0 Å². The number of hydrogen-bond donors (Lipinski definition) is 0. The maximum Gasteiger partial charge on any atom is 0.417 e. The summed E-state index contributed by atoms with van der Waals surface area (Å²) in [6.45, 7) is 7.14. The molecule has 3 amide bonds. The van der Waals surface area contributed by atoms with E-state index in [0.29, 0.717) is 25.9 Å². The fourth-order valence-electron chi connectivity index (χ4n) is 4.11. The molecule has 0 N–H and O–H groups in total. The molecule has 2 saturated heterocycles. The predicted octanol–water partition coefficient (Wildman–Crippen LogP) is 3.64. The van der Waals surface area contributed by atoms with E-state index in [-0.39, 0.29) is 49.7 Å². The van der Waals surface area contributed by atoms with Crippen molar-refractivity contribution in [2.45, 2.75) is 45.4 Å². The number of piperidine rings is 1. The molecule has 2 fully saturated rings. The van der Waals surface area contributed by atoms with Crippen LogP contribution >= 0.6 is 0 Å². The van der Waals surface area contributed by atoms with Gasteiger partial charge in [0.25, 0.3) is 5.91 Å². The Hall–Kier alpha value is -2.78. The maximum absolute atomic E-state index is 13.3. The molecular formula is C23H30F3N3O4. The second-order valence-electron chi connectivity index (χ2n) is 9.40. The lowest BCUT2D eigenvalue weighted by molar-refractivity contribution is -0.138. The zero-order valence-electron chi connectivity index (χ0n) is 19.2. The van der Waals surface area contributed by atoms with Gasteiger partial charge in [-0.1, -0.05) is 12.1 Å². The summed E-state index contributed by atoms with van der Waals surface area (Å²) < 4.78 is 45.1. The van der Waals surface area contributed by atoms with E-state index < -0.39 is 23.2 Å². The SMILES string of the molecule is CC(C)(C)OC(=O)N1CCC(C(=O)N2CCN(C(=O)c3ccccc3C(F)(F)F)CC2)CC1. The average molecular weight is 470 g/mol. The second-order valence-corrected chi connectivity index (χ2v) is 9.40. The number of rotatable bonds is 2. The third-order valence-electron chi connectivity index (χ3n) is 5.84. The van der Waals surface area contributed by atoms with Gasteiger partial charge >= 0.3 is 12.3 Å². The third kappa shape index (κ3) is 6.17. The van der Waals surface area contributed by atoms with Gasteiger partial charge in [-0.25, -0.2) is 4.79 Å². The van der Waals surface area contributed by atoms with Crippen molar-refractivity contribution in [2.24, 2.45) is 5.92 Å². The molecule has 0 spiro atoms. The van der Waals surface area contributed by atoms with Crippen molar-refractivity contribution in [3.63, 3.8) is 0 Å². The van der Waals surface area contributed by atoms with E-state index in [0.717, 1.165) is 6.07 Å². The molecule has 1 aromatic carbocycles. The highest BCUT2D eigenvalue weighted by Gasteiger charge is 2.37. The van der Waals surface area contributed by atoms with Crippen LogP contribution in [0.2, 0.25) is 0 Å². The number of benzene rings is 1. The van der Waals surface area contributed by atoms with Gasteiger partial charge in [0, 0.05) is 45.2 Å². The summed E-state index contributed by atoms with van der Waals surface area (Å²) in [5, 5.41) is 0. The van der Waals surface area contributed by atoms with Crippen LogP contribution in [-0.2, 0) is 15.7 Å². The number of piperazine rings is 1. The van der Waals surface area contributed by atoms with Gasteiger partial charge in [-0.3, -0.25) is 9.59 Å². The number of likely N-dealkylation sites (tertiary alicyclic amines) is 1. The Labute approximate surface area is 191 Å². The van der Waals surface area contributed by atoms with Crippen molar-refractivity contribution in [3.05, 3.63) is 35.4 Å².